The minimum Gasteiger partial charge on any atom is -0.454 e. The van der Waals surface area contributed by atoms with Crippen LogP contribution >= 0.6 is 0 Å². The van der Waals surface area contributed by atoms with Crippen molar-refractivity contribution in [1.82, 2.24) is 15.5 Å². The Kier molecular flexibility index (Phi) is 4.92. The minimum absolute atomic E-state index is 0.115. The summed E-state index contributed by atoms with van der Waals surface area (Å²) >= 11 is 0. The molecule has 2 fully saturated rings. The first-order chi connectivity index (χ1) is 12.4. The number of esters is 1. The second-order valence-electron chi connectivity index (χ2n) is 6.72. The topological polar surface area (TPSA) is 105 Å². The van der Waals surface area contributed by atoms with Crippen molar-refractivity contribution in [2.24, 2.45) is 5.92 Å². The van der Waals surface area contributed by atoms with E-state index in [4.69, 9.17) is 4.74 Å². The van der Waals surface area contributed by atoms with E-state index in [0.717, 1.165) is 23.3 Å². The molecule has 1 aliphatic carbocycles. The van der Waals surface area contributed by atoms with Crippen molar-refractivity contribution >= 4 is 23.8 Å². The van der Waals surface area contributed by atoms with Crippen molar-refractivity contribution in [3.8, 4) is 0 Å². The van der Waals surface area contributed by atoms with Gasteiger partial charge in [-0.05, 0) is 31.2 Å². The van der Waals surface area contributed by atoms with Gasteiger partial charge >= 0.3 is 12.0 Å². The van der Waals surface area contributed by atoms with E-state index in [0.29, 0.717) is 6.54 Å². The number of carbonyl (C=O) groups excluding carboxylic acids is 4. The van der Waals surface area contributed by atoms with E-state index >= 15 is 0 Å². The fourth-order valence-electron chi connectivity index (χ4n) is 2.96. The SMILES string of the molecule is C[C@@]1(C2CC2)NC(=O)N(CC(=O)OCC(=O)NCc2ccccc2)C1=O. The molecule has 1 saturated carbocycles. The Morgan fingerprint density at radius 2 is 1.96 bits per heavy atom. The van der Waals surface area contributed by atoms with Crippen LogP contribution in [0.2, 0.25) is 0 Å². The lowest BCUT2D eigenvalue weighted by Gasteiger charge is -2.20. The summed E-state index contributed by atoms with van der Waals surface area (Å²) < 4.78 is 4.87. The van der Waals surface area contributed by atoms with E-state index in [1.54, 1.807) is 6.92 Å². The number of carbonyl (C=O) groups is 4. The minimum atomic E-state index is -0.940. The van der Waals surface area contributed by atoms with Crippen molar-refractivity contribution in [2.45, 2.75) is 31.8 Å². The highest BCUT2D eigenvalue weighted by Crippen LogP contribution is 2.42. The maximum Gasteiger partial charge on any atom is 0.326 e. The first kappa shape index (κ1) is 17.9. The van der Waals surface area contributed by atoms with Gasteiger partial charge < -0.3 is 15.4 Å². The number of benzene rings is 1. The third kappa shape index (κ3) is 3.84. The normalized spacial score (nSPS) is 22.1. The Hall–Kier alpha value is -2.90. The molecule has 1 aromatic rings. The first-order valence-corrected chi connectivity index (χ1v) is 8.50. The van der Waals surface area contributed by atoms with Crippen LogP contribution in [0.25, 0.3) is 0 Å². The van der Waals surface area contributed by atoms with E-state index < -0.39 is 42.5 Å². The second kappa shape index (κ2) is 7.15. The summed E-state index contributed by atoms with van der Waals surface area (Å²) in [6, 6.07) is 8.71. The third-order valence-electron chi connectivity index (χ3n) is 4.68. The standard InChI is InChI=1S/C18H21N3O5/c1-18(13-7-8-13)16(24)21(17(25)20-18)10-15(23)26-11-14(22)19-9-12-5-3-2-4-6-12/h2-6,13H,7-11H2,1H3,(H,19,22)(H,20,25)/t18-/m0/s1. The number of rotatable bonds is 7. The lowest BCUT2D eigenvalue weighted by atomic mass is 9.96. The van der Waals surface area contributed by atoms with E-state index in [1.165, 1.54) is 0 Å². The predicted molar refractivity (Wildman–Crippen MR) is 90.6 cm³/mol. The molecule has 0 radical (unpaired) electrons. The predicted octanol–water partition coefficient (Wildman–Crippen LogP) is 0.567. The number of nitrogens with one attached hydrogen (secondary N) is 2. The van der Waals surface area contributed by atoms with Crippen LogP contribution in [0.3, 0.4) is 0 Å². The molecule has 2 N–H and O–H groups in total. The Balaban J connectivity index is 1.43. The second-order valence-corrected chi connectivity index (χ2v) is 6.72. The van der Waals surface area contributed by atoms with Crippen molar-refractivity contribution in [3.05, 3.63) is 35.9 Å². The molecule has 0 unspecified atom stereocenters. The van der Waals surface area contributed by atoms with Gasteiger partial charge in [-0.3, -0.25) is 19.3 Å². The number of amides is 4. The van der Waals surface area contributed by atoms with E-state index in [-0.39, 0.29) is 5.92 Å². The Morgan fingerprint density at radius 3 is 2.62 bits per heavy atom. The molecule has 8 heteroatoms. The number of hydrogen-bond acceptors (Lipinski definition) is 5. The summed E-state index contributed by atoms with van der Waals surface area (Å²) in [6.45, 7) is 1.03. The zero-order valence-electron chi connectivity index (χ0n) is 14.5. The smallest absolute Gasteiger partial charge is 0.326 e. The third-order valence-corrected chi connectivity index (χ3v) is 4.68. The van der Waals surface area contributed by atoms with Crippen LogP contribution in [0.5, 0.6) is 0 Å². The van der Waals surface area contributed by atoms with Crippen LogP contribution < -0.4 is 10.6 Å². The van der Waals surface area contributed by atoms with Crippen molar-refractivity contribution in [1.29, 1.82) is 0 Å². The van der Waals surface area contributed by atoms with Crippen LogP contribution in [-0.4, -0.2) is 47.4 Å². The summed E-state index contributed by atoms with van der Waals surface area (Å²) in [5.41, 5.74) is -0.0180. The maximum atomic E-state index is 12.4. The molecular weight excluding hydrogens is 338 g/mol. The average Bonchev–Trinajstić information content (AvgIpc) is 3.45. The van der Waals surface area contributed by atoms with Gasteiger partial charge in [0.05, 0.1) is 0 Å². The number of nitrogens with zero attached hydrogens (tertiary/aromatic N) is 1. The Morgan fingerprint density at radius 1 is 1.27 bits per heavy atom. The quantitative estimate of drug-likeness (QED) is 0.547. The summed E-state index contributed by atoms with van der Waals surface area (Å²) in [7, 11) is 0. The number of urea groups is 1. The number of ether oxygens (including phenoxy) is 1. The molecule has 1 saturated heterocycles. The molecule has 1 heterocycles. The lowest BCUT2D eigenvalue weighted by Crippen LogP contribution is -2.46. The number of hydrogen-bond donors (Lipinski definition) is 2. The van der Waals surface area contributed by atoms with Crippen LogP contribution in [0, 0.1) is 5.92 Å². The van der Waals surface area contributed by atoms with Crippen molar-refractivity contribution < 1.29 is 23.9 Å². The first-order valence-electron chi connectivity index (χ1n) is 8.50. The van der Waals surface area contributed by atoms with Gasteiger partial charge in [0.25, 0.3) is 11.8 Å². The lowest BCUT2D eigenvalue weighted by molar-refractivity contribution is -0.151. The molecule has 1 aromatic carbocycles. The van der Waals surface area contributed by atoms with Gasteiger partial charge in [0.15, 0.2) is 6.61 Å². The molecule has 2 aliphatic rings. The fraction of sp³-hybridized carbons (Fsp3) is 0.444. The summed E-state index contributed by atoms with van der Waals surface area (Å²) in [5, 5.41) is 5.28. The molecule has 0 aromatic heterocycles. The van der Waals surface area contributed by atoms with E-state index in [2.05, 4.69) is 10.6 Å². The van der Waals surface area contributed by atoms with Crippen molar-refractivity contribution in [2.75, 3.05) is 13.2 Å². The van der Waals surface area contributed by atoms with Crippen LogP contribution in [0.4, 0.5) is 4.79 Å². The average molecular weight is 359 g/mol. The number of imide groups is 1. The zero-order chi connectivity index (χ0) is 18.7. The molecule has 1 aliphatic heterocycles. The molecule has 0 spiro atoms. The highest BCUT2D eigenvalue weighted by atomic mass is 16.5. The van der Waals surface area contributed by atoms with Gasteiger partial charge in [0.2, 0.25) is 0 Å². The molecule has 3 rings (SSSR count). The van der Waals surface area contributed by atoms with Gasteiger partial charge in [-0.25, -0.2) is 4.79 Å². The van der Waals surface area contributed by atoms with Crippen LogP contribution in [0.15, 0.2) is 30.3 Å². The molecule has 1 atom stereocenters. The van der Waals surface area contributed by atoms with Gasteiger partial charge in [0.1, 0.15) is 12.1 Å². The summed E-state index contributed by atoms with van der Waals surface area (Å²) in [4.78, 5) is 48.9. The Bertz CT molecular complexity index is 732. The van der Waals surface area contributed by atoms with Gasteiger partial charge in [-0.15, -0.1) is 0 Å². The van der Waals surface area contributed by atoms with E-state index in [9.17, 15) is 19.2 Å². The molecule has 4 amide bonds. The monoisotopic (exact) mass is 359 g/mol. The molecule has 26 heavy (non-hydrogen) atoms. The van der Waals surface area contributed by atoms with E-state index in [1.807, 2.05) is 30.3 Å². The van der Waals surface area contributed by atoms with Crippen LogP contribution in [-0.2, 0) is 25.7 Å². The van der Waals surface area contributed by atoms with Gasteiger partial charge in [-0.2, -0.15) is 0 Å². The largest absolute Gasteiger partial charge is 0.454 e. The Labute approximate surface area is 150 Å². The van der Waals surface area contributed by atoms with Gasteiger partial charge in [0, 0.05) is 6.54 Å². The zero-order valence-corrected chi connectivity index (χ0v) is 14.5. The highest BCUT2D eigenvalue weighted by Gasteiger charge is 2.56. The molecule has 0 bridgehead atoms. The van der Waals surface area contributed by atoms with Crippen molar-refractivity contribution in [3.63, 3.8) is 0 Å². The molecule has 8 nitrogen and oxygen atoms in total. The molecular formula is C18H21N3O5. The van der Waals surface area contributed by atoms with Gasteiger partial charge in [-0.1, -0.05) is 30.3 Å². The maximum absolute atomic E-state index is 12.4. The van der Waals surface area contributed by atoms with Crippen LogP contribution in [0.1, 0.15) is 25.3 Å². The fourth-order valence-corrected chi connectivity index (χ4v) is 2.96. The highest BCUT2D eigenvalue weighted by molar-refractivity contribution is 6.08. The summed E-state index contributed by atoms with van der Waals surface area (Å²) in [6.07, 6.45) is 1.75. The molecule has 138 valence electrons. The summed E-state index contributed by atoms with van der Waals surface area (Å²) in [5.74, 6) is -1.56.